The number of primary amides is 1. The van der Waals surface area contributed by atoms with E-state index in [1.54, 1.807) is 24.2 Å². The molecule has 0 radical (unpaired) electrons. The second-order valence-corrected chi connectivity index (χ2v) is 5.80. The van der Waals surface area contributed by atoms with Gasteiger partial charge in [0, 0.05) is 24.2 Å². The zero-order valence-corrected chi connectivity index (χ0v) is 10.6. The molecule has 4 heteroatoms. The average molecular weight is 258 g/mol. The first-order valence-corrected chi connectivity index (χ1v) is 6.88. The first-order valence-electron chi connectivity index (χ1n) is 6.00. The molecule has 2 N–H and O–H groups in total. The molecular weight excluding hydrogens is 244 g/mol. The van der Waals surface area contributed by atoms with Crippen LogP contribution in [0.3, 0.4) is 0 Å². The van der Waals surface area contributed by atoms with Gasteiger partial charge in [0.05, 0.1) is 5.25 Å². The van der Waals surface area contributed by atoms with Gasteiger partial charge in [0.25, 0.3) is 0 Å². The van der Waals surface area contributed by atoms with Crippen LogP contribution in [0.4, 0.5) is 0 Å². The van der Waals surface area contributed by atoms with E-state index in [2.05, 4.69) is 23.2 Å². The summed E-state index contributed by atoms with van der Waals surface area (Å²) in [4.78, 5) is 17.0. The molecule has 0 spiro atoms. The predicted octanol–water partition coefficient (Wildman–Crippen LogP) is 2.23. The topological polar surface area (TPSA) is 56.0 Å². The van der Waals surface area contributed by atoms with E-state index < -0.39 is 0 Å². The number of carbonyl (C=O) groups is 1. The third kappa shape index (κ3) is 1.86. The van der Waals surface area contributed by atoms with Crippen molar-refractivity contribution < 1.29 is 4.79 Å². The SMILES string of the molecule is NC(=O)C1SC2=CC=CCC2C1c1ccncc1. The number of aromatic nitrogens is 1. The van der Waals surface area contributed by atoms with Gasteiger partial charge in [0.2, 0.25) is 5.91 Å². The molecule has 1 aromatic rings. The lowest BCUT2D eigenvalue weighted by atomic mass is 9.80. The number of rotatable bonds is 2. The Hall–Kier alpha value is -1.55. The number of nitrogens with zero attached hydrogens (tertiary/aromatic N) is 1. The molecule has 3 nitrogen and oxygen atoms in total. The maximum Gasteiger partial charge on any atom is 0.231 e. The summed E-state index contributed by atoms with van der Waals surface area (Å²) < 4.78 is 0. The number of hydrogen-bond donors (Lipinski definition) is 1. The van der Waals surface area contributed by atoms with E-state index in [9.17, 15) is 4.79 Å². The van der Waals surface area contributed by atoms with Crippen LogP contribution in [0.1, 0.15) is 17.9 Å². The molecule has 92 valence electrons. The molecule has 1 saturated heterocycles. The molecule has 0 saturated carbocycles. The summed E-state index contributed by atoms with van der Waals surface area (Å²) >= 11 is 1.62. The van der Waals surface area contributed by atoms with Gasteiger partial charge in [-0.15, -0.1) is 11.8 Å². The maximum atomic E-state index is 11.7. The molecule has 1 fully saturated rings. The van der Waals surface area contributed by atoms with Crippen molar-refractivity contribution in [3.05, 3.63) is 53.2 Å². The van der Waals surface area contributed by atoms with Gasteiger partial charge in [0.1, 0.15) is 0 Å². The largest absolute Gasteiger partial charge is 0.369 e. The summed E-state index contributed by atoms with van der Waals surface area (Å²) in [5, 5.41) is -0.163. The number of pyridine rings is 1. The van der Waals surface area contributed by atoms with E-state index in [-0.39, 0.29) is 17.1 Å². The Labute approximate surface area is 110 Å². The fourth-order valence-electron chi connectivity index (χ4n) is 2.74. The fourth-order valence-corrected chi connectivity index (χ4v) is 4.21. The lowest BCUT2D eigenvalue weighted by Gasteiger charge is -2.22. The zero-order valence-electron chi connectivity index (χ0n) is 9.82. The summed E-state index contributed by atoms with van der Waals surface area (Å²) in [6.45, 7) is 0. The van der Waals surface area contributed by atoms with Crippen molar-refractivity contribution in [2.75, 3.05) is 0 Å². The van der Waals surface area contributed by atoms with E-state index in [4.69, 9.17) is 5.73 Å². The van der Waals surface area contributed by atoms with Gasteiger partial charge in [-0.1, -0.05) is 18.2 Å². The van der Waals surface area contributed by atoms with Crippen LogP contribution in [0.15, 0.2) is 47.7 Å². The van der Waals surface area contributed by atoms with Crippen LogP contribution in [-0.4, -0.2) is 16.1 Å². The Bertz CT molecular complexity index is 522. The molecule has 18 heavy (non-hydrogen) atoms. The van der Waals surface area contributed by atoms with Crippen LogP contribution in [0.2, 0.25) is 0 Å². The lowest BCUT2D eigenvalue weighted by Crippen LogP contribution is -2.30. The van der Waals surface area contributed by atoms with Gasteiger partial charge in [-0.05, 0) is 29.0 Å². The van der Waals surface area contributed by atoms with E-state index in [0.717, 1.165) is 12.0 Å². The average Bonchev–Trinajstić information content (AvgIpc) is 2.79. The van der Waals surface area contributed by atoms with Crippen LogP contribution >= 0.6 is 11.8 Å². The van der Waals surface area contributed by atoms with Gasteiger partial charge in [-0.3, -0.25) is 9.78 Å². The van der Waals surface area contributed by atoms with Crippen LogP contribution in [-0.2, 0) is 4.79 Å². The maximum absolute atomic E-state index is 11.7. The molecule has 3 rings (SSSR count). The van der Waals surface area contributed by atoms with Crippen molar-refractivity contribution in [2.45, 2.75) is 17.6 Å². The monoisotopic (exact) mass is 258 g/mol. The molecule has 0 aromatic carbocycles. The standard InChI is InChI=1S/C14H14N2OS/c15-14(17)13-12(9-5-7-16-8-6-9)10-3-1-2-4-11(10)18-13/h1-2,4-8,10,12-13H,3H2,(H2,15,17). The number of hydrogen-bond acceptors (Lipinski definition) is 3. The minimum atomic E-state index is -0.225. The normalized spacial score (nSPS) is 29.8. The van der Waals surface area contributed by atoms with Gasteiger partial charge in [-0.2, -0.15) is 0 Å². The molecule has 1 aromatic heterocycles. The second-order valence-electron chi connectivity index (χ2n) is 4.59. The molecule has 2 aliphatic rings. The van der Waals surface area contributed by atoms with Gasteiger partial charge >= 0.3 is 0 Å². The highest BCUT2D eigenvalue weighted by molar-refractivity contribution is 8.04. The Kier molecular flexibility index (Phi) is 2.96. The van der Waals surface area contributed by atoms with Crippen molar-refractivity contribution in [3.63, 3.8) is 0 Å². The summed E-state index contributed by atoms with van der Waals surface area (Å²) in [5.41, 5.74) is 6.71. The Balaban J connectivity index is 2.01. The minimum absolute atomic E-state index is 0.163. The van der Waals surface area contributed by atoms with Crippen LogP contribution < -0.4 is 5.73 Å². The molecule has 1 amide bonds. The molecule has 1 aliphatic carbocycles. The highest BCUT2D eigenvalue weighted by Crippen LogP contribution is 2.53. The number of amides is 1. The molecular formula is C14H14N2OS. The Morgan fingerprint density at radius 3 is 2.89 bits per heavy atom. The van der Waals surface area contributed by atoms with Gasteiger partial charge in [0.15, 0.2) is 0 Å². The highest BCUT2D eigenvalue weighted by Gasteiger charge is 2.43. The van der Waals surface area contributed by atoms with E-state index >= 15 is 0 Å². The minimum Gasteiger partial charge on any atom is -0.369 e. The first-order chi connectivity index (χ1) is 8.77. The van der Waals surface area contributed by atoms with E-state index in [1.165, 1.54) is 4.91 Å². The molecule has 2 heterocycles. The van der Waals surface area contributed by atoms with E-state index in [1.807, 2.05) is 12.1 Å². The molecule has 0 bridgehead atoms. The van der Waals surface area contributed by atoms with Gasteiger partial charge < -0.3 is 5.73 Å². The van der Waals surface area contributed by atoms with Gasteiger partial charge in [-0.25, -0.2) is 0 Å². The first kappa shape index (κ1) is 11.5. The second kappa shape index (κ2) is 4.61. The number of thioether (sulfide) groups is 1. The quantitative estimate of drug-likeness (QED) is 0.885. The fraction of sp³-hybridized carbons (Fsp3) is 0.286. The number of nitrogens with two attached hydrogens (primary N) is 1. The third-order valence-electron chi connectivity index (χ3n) is 3.55. The third-order valence-corrected chi connectivity index (χ3v) is 5.04. The highest BCUT2D eigenvalue weighted by atomic mass is 32.2. The Morgan fingerprint density at radius 2 is 2.17 bits per heavy atom. The van der Waals surface area contributed by atoms with Crippen LogP contribution in [0.25, 0.3) is 0 Å². The summed E-state index contributed by atoms with van der Waals surface area (Å²) in [7, 11) is 0. The number of carbonyl (C=O) groups excluding carboxylic acids is 1. The smallest absolute Gasteiger partial charge is 0.231 e. The van der Waals surface area contributed by atoms with Crippen molar-refractivity contribution in [2.24, 2.45) is 11.7 Å². The van der Waals surface area contributed by atoms with Crippen molar-refractivity contribution in [1.29, 1.82) is 0 Å². The van der Waals surface area contributed by atoms with Crippen molar-refractivity contribution in [1.82, 2.24) is 4.98 Å². The van der Waals surface area contributed by atoms with Crippen LogP contribution in [0.5, 0.6) is 0 Å². The summed E-state index contributed by atoms with van der Waals surface area (Å²) in [5.74, 6) is 0.337. The van der Waals surface area contributed by atoms with Crippen molar-refractivity contribution in [3.8, 4) is 0 Å². The summed E-state index contributed by atoms with van der Waals surface area (Å²) in [6.07, 6.45) is 10.9. The van der Waals surface area contributed by atoms with Crippen LogP contribution in [0, 0.1) is 5.92 Å². The number of allylic oxidation sites excluding steroid dienone is 4. The lowest BCUT2D eigenvalue weighted by molar-refractivity contribution is -0.117. The van der Waals surface area contributed by atoms with Crippen molar-refractivity contribution >= 4 is 17.7 Å². The zero-order chi connectivity index (χ0) is 12.5. The number of fused-ring (bicyclic) bond motifs is 1. The predicted molar refractivity (Wildman–Crippen MR) is 72.9 cm³/mol. The summed E-state index contributed by atoms with van der Waals surface area (Å²) in [6, 6.07) is 3.98. The molecule has 3 unspecified atom stereocenters. The molecule has 3 atom stereocenters. The Morgan fingerprint density at radius 1 is 1.39 bits per heavy atom. The molecule has 1 aliphatic heterocycles. The van der Waals surface area contributed by atoms with E-state index in [0.29, 0.717) is 5.92 Å².